The molecule has 11 nitrogen and oxygen atoms in total. The maximum absolute atomic E-state index is 13.8. The molecular weight excluding hydrogens is 492 g/mol. The fraction of sp³-hybridized carbons (Fsp3) is 0.476. The third kappa shape index (κ3) is 9.38. The summed E-state index contributed by atoms with van der Waals surface area (Å²) >= 11 is 0. The Morgan fingerprint density at radius 3 is 2.06 bits per heavy atom. The van der Waals surface area contributed by atoms with Crippen molar-refractivity contribution in [3.05, 3.63) is 29.3 Å². The van der Waals surface area contributed by atoms with E-state index in [9.17, 15) is 36.7 Å². The van der Waals surface area contributed by atoms with Gasteiger partial charge in [0.05, 0.1) is 6.04 Å². The summed E-state index contributed by atoms with van der Waals surface area (Å²) in [6.45, 7) is 2.43. The van der Waals surface area contributed by atoms with Crippen LogP contribution in [0, 0.1) is 29.2 Å². The van der Waals surface area contributed by atoms with Crippen molar-refractivity contribution in [2.24, 2.45) is 28.1 Å². The van der Waals surface area contributed by atoms with Crippen LogP contribution in [0.2, 0.25) is 0 Å². The number of carbonyl (C=O) groups excluding carboxylic acids is 4. The van der Waals surface area contributed by atoms with E-state index < -0.39 is 71.2 Å². The van der Waals surface area contributed by atoms with Crippen molar-refractivity contribution in [3.8, 4) is 5.75 Å². The first-order valence-corrected chi connectivity index (χ1v) is 10.7. The van der Waals surface area contributed by atoms with E-state index in [0.717, 1.165) is 0 Å². The second-order valence-corrected chi connectivity index (χ2v) is 8.08. The van der Waals surface area contributed by atoms with E-state index in [2.05, 4.69) is 20.4 Å². The molecule has 15 heteroatoms. The molecule has 0 spiro atoms. The number of aliphatic imine (C=N–C) groups is 1. The summed E-state index contributed by atoms with van der Waals surface area (Å²) in [7, 11) is 0. The van der Waals surface area contributed by atoms with Crippen molar-refractivity contribution < 1.29 is 41.5 Å². The van der Waals surface area contributed by atoms with Crippen molar-refractivity contribution in [2.45, 2.75) is 45.2 Å². The SMILES string of the molecule is CC(C)C[C@H](NC(=O)C(N)=O)C(=O)N[C@@H](CCCN=C(N)N)C(=O)COc1c(F)c(F)cc(F)c1F. The van der Waals surface area contributed by atoms with Crippen molar-refractivity contribution in [1.82, 2.24) is 10.6 Å². The number of primary amides is 1. The highest BCUT2D eigenvalue weighted by molar-refractivity contribution is 6.34. The Kier molecular flexibility index (Phi) is 11.6. The number of halogens is 4. The maximum atomic E-state index is 13.8. The Hall–Kier alpha value is -3.91. The van der Waals surface area contributed by atoms with Gasteiger partial charge in [-0.1, -0.05) is 13.8 Å². The number of hydrogen-bond acceptors (Lipinski definition) is 6. The summed E-state index contributed by atoms with van der Waals surface area (Å²) in [5.41, 5.74) is 15.4. The predicted molar refractivity (Wildman–Crippen MR) is 119 cm³/mol. The predicted octanol–water partition coefficient (Wildman–Crippen LogP) is -0.254. The molecule has 0 fully saturated rings. The van der Waals surface area contributed by atoms with Gasteiger partial charge in [0.25, 0.3) is 0 Å². The van der Waals surface area contributed by atoms with Crippen LogP contribution in [0.15, 0.2) is 11.1 Å². The van der Waals surface area contributed by atoms with Gasteiger partial charge < -0.3 is 32.6 Å². The third-order valence-corrected chi connectivity index (χ3v) is 4.63. The minimum absolute atomic E-state index is 0.0265. The van der Waals surface area contributed by atoms with E-state index in [1.54, 1.807) is 13.8 Å². The first kappa shape index (κ1) is 30.1. The molecule has 0 heterocycles. The minimum atomic E-state index is -1.85. The number of ether oxygens (including phenoxy) is 1. The highest BCUT2D eigenvalue weighted by atomic mass is 19.2. The number of ketones is 1. The molecule has 0 aliphatic carbocycles. The number of nitrogens with zero attached hydrogens (tertiary/aromatic N) is 1. The van der Waals surface area contributed by atoms with Gasteiger partial charge >= 0.3 is 11.8 Å². The molecule has 36 heavy (non-hydrogen) atoms. The number of nitrogens with one attached hydrogen (secondary N) is 2. The zero-order chi connectivity index (χ0) is 27.6. The molecule has 0 unspecified atom stereocenters. The standard InChI is InChI=1S/C21H28F4N6O5/c1-9(2)6-13(31-20(35)18(26)33)19(34)30-12(4-3-5-29-21(27)28)14(32)8-36-17-15(24)10(22)7-11(23)16(17)25/h7,9,12-13H,3-6,8H2,1-2H3,(H2,26,33)(H,30,34)(H,31,35)(H4,27,28,29)/t12-,13-/m0/s1. The molecule has 0 bridgehead atoms. The minimum Gasteiger partial charge on any atom is -0.479 e. The quantitative estimate of drug-likeness (QED) is 0.0591. The van der Waals surface area contributed by atoms with Crippen LogP contribution in [0.3, 0.4) is 0 Å². The molecule has 8 N–H and O–H groups in total. The number of guanidine groups is 1. The fourth-order valence-corrected chi connectivity index (χ4v) is 2.94. The molecule has 200 valence electrons. The van der Waals surface area contributed by atoms with Crippen molar-refractivity contribution in [1.29, 1.82) is 0 Å². The summed E-state index contributed by atoms with van der Waals surface area (Å²) < 4.78 is 59.2. The number of nitrogens with two attached hydrogens (primary N) is 3. The fourth-order valence-electron chi connectivity index (χ4n) is 2.94. The summed E-state index contributed by atoms with van der Waals surface area (Å²) in [6.07, 6.45) is 0.120. The van der Waals surface area contributed by atoms with Crippen LogP contribution in [0.25, 0.3) is 0 Å². The maximum Gasteiger partial charge on any atom is 0.309 e. The van der Waals surface area contributed by atoms with E-state index >= 15 is 0 Å². The molecule has 1 rings (SSSR count). The Morgan fingerprint density at radius 2 is 1.56 bits per heavy atom. The zero-order valence-electron chi connectivity index (χ0n) is 19.6. The van der Waals surface area contributed by atoms with Gasteiger partial charge in [-0.25, -0.2) is 8.78 Å². The third-order valence-electron chi connectivity index (χ3n) is 4.63. The summed E-state index contributed by atoms with van der Waals surface area (Å²) in [4.78, 5) is 52.0. The second-order valence-electron chi connectivity index (χ2n) is 8.08. The normalized spacial score (nSPS) is 12.4. The van der Waals surface area contributed by atoms with Gasteiger partial charge in [-0.3, -0.25) is 24.2 Å². The van der Waals surface area contributed by atoms with Crippen LogP contribution in [-0.4, -0.2) is 54.7 Å². The number of hydrogen-bond donors (Lipinski definition) is 5. The Bertz CT molecular complexity index is 991. The molecule has 0 saturated carbocycles. The number of rotatable bonds is 13. The van der Waals surface area contributed by atoms with Gasteiger partial charge in [-0.15, -0.1) is 0 Å². The molecule has 1 aromatic rings. The van der Waals surface area contributed by atoms with Crippen LogP contribution in [0.5, 0.6) is 5.75 Å². The summed E-state index contributed by atoms with van der Waals surface area (Å²) in [5.74, 6) is -13.3. The molecule has 0 aromatic heterocycles. The first-order valence-electron chi connectivity index (χ1n) is 10.7. The van der Waals surface area contributed by atoms with Crippen LogP contribution in [0.4, 0.5) is 17.6 Å². The monoisotopic (exact) mass is 520 g/mol. The van der Waals surface area contributed by atoms with Crippen molar-refractivity contribution >= 4 is 29.5 Å². The molecule has 0 aliphatic heterocycles. The lowest BCUT2D eigenvalue weighted by molar-refractivity contribution is -0.139. The lowest BCUT2D eigenvalue weighted by atomic mass is 10.0. The lowest BCUT2D eigenvalue weighted by Gasteiger charge is -2.23. The van der Waals surface area contributed by atoms with Gasteiger partial charge in [0.15, 0.2) is 29.1 Å². The van der Waals surface area contributed by atoms with Crippen molar-refractivity contribution in [2.75, 3.05) is 13.2 Å². The number of Topliss-reactive ketones (excluding diaryl/α,β-unsaturated/α-hetero) is 1. The van der Waals surface area contributed by atoms with Gasteiger partial charge in [0.1, 0.15) is 12.6 Å². The first-order chi connectivity index (χ1) is 16.7. The van der Waals surface area contributed by atoms with Gasteiger partial charge in [-0.05, 0) is 25.2 Å². The van der Waals surface area contributed by atoms with E-state index in [1.807, 2.05) is 0 Å². The smallest absolute Gasteiger partial charge is 0.309 e. The Balaban J connectivity index is 3.07. The molecule has 0 aliphatic rings. The van der Waals surface area contributed by atoms with Crippen LogP contribution >= 0.6 is 0 Å². The van der Waals surface area contributed by atoms with Gasteiger partial charge in [-0.2, -0.15) is 8.78 Å². The van der Waals surface area contributed by atoms with E-state index in [-0.39, 0.29) is 43.8 Å². The van der Waals surface area contributed by atoms with E-state index in [1.165, 1.54) is 0 Å². The molecular formula is C21H28F4N6O5. The zero-order valence-corrected chi connectivity index (χ0v) is 19.6. The average molecular weight is 520 g/mol. The molecule has 0 saturated heterocycles. The molecule has 3 amide bonds. The molecule has 2 atom stereocenters. The molecule has 0 radical (unpaired) electrons. The van der Waals surface area contributed by atoms with E-state index in [4.69, 9.17) is 17.2 Å². The Morgan fingerprint density at radius 1 is 0.972 bits per heavy atom. The average Bonchev–Trinajstić information content (AvgIpc) is 2.78. The number of amides is 3. The Labute approximate surface area is 203 Å². The highest BCUT2D eigenvalue weighted by Crippen LogP contribution is 2.26. The van der Waals surface area contributed by atoms with Crippen LogP contribution in [-0.2, 0) is 19.2 Å². The van der Waals surface area contributed by atoms with E-state index in [0.29, 0.717) is 0 Å². The number of carbonyl (C=O) groups is 4. The van der Waals surface area contributed by atoms with Gasteiger partial charge in [0, 0.05) is 12.6 Å². The van der Waals surface area contributed by atoms with Crippen LogP contribution < -0.4 is 32.6 Å². The topological polar surface area (TPSA) is 192 Å². The summed E-state index contributed by atoms with van der Waals surface area (Å²) in [5, 5.41) is 4.51. The van der Waals surface area contributed by atoms with Gasteiger partial charge in [0.2, 0.25) is 17.5 Å². The number of benzene rings is 1. The molecule has 1 aromatic carbocycles. The largest absolute Gasteiger partial charge is 0.479 e. The second kappa shape index (κ2) is 13.8. The van der Waals surface area contributed by atoms with Crippen molar-refractivity contribution in [3.63, 3.8) is 0 Å². The summed E-state index contributed by atoms with van der Waals surface area (Å²) in [6, 6.07) is -2.64. The highest BCUT2D eigenvalue weighted by Gasteiger charge is 2.29. The lowest BCUT2D eigenvalue weighted by Crippen LogP contribution is -2.54. The van der Waals surface area contributed by atoms with Crippen LogP contribution in [0.1, 0.15) is 33.1 Å².